The summed E-state index contributed by atoms with van der Waals surface area (Å²) in [5, 5.41) is 6.94. The molecule has 1 aromatic rings. The van der Waals surface area contributed by atoms with Gasteiger partial charge in [-0.3, -0.25) is 4.79 Å². The highest BCUT2D eigenvalue weighted by Gasteiger charge is 2.05. The minimum Gasteiger partial charge on any atom is -0.376 e. The molecule has 2 rings (SSSR count). The van der Waals surface area contributed by atoms with Crippen LogP contribution in [0.25, 0.3) is 0 Å². The molecule has 1 aliphatic carbocycles. The van der Waals surface area contributed by atoms with E-state index in [1.807, 2.05) is 0 Å². The van der Waals surface area contributed by atoms with Crippen molar-refractivity contribution in [3.05, 3.63) is 39.9 Å². The summed E-state index contributed by atoms with van der Waals surface area (Å²) in [5.74, 6) is -0.0162. The van der Waals surface area contributed by atoms with Crippen molar-refractivity contribution < 1.29 is 4.79 Å². The smallest absolute Gasteiger partial charge is 0.239 e. The van der Waals surface area contributed by atoms with Crippen LogP contribution >= 0.6 is 23.2 Å². The average molecular weight is 327 g/mol. The van der Waals surface area contributed by atoms with Crippen molar-refractivity contribution in [2.45, 2.75) is 32.1 Å². The molecule has 5 heteroatoms. The quantitative estimate of drug-likeness (QED) is 0.760. The number of hydrogen-bond donors (Lipinski definition) is 2. The first-order chi connectivity index (χ1) is 10.1. The van der Waals surface area contributed by atoms with Gasteiger partial charge < -0.3 is 10.6 Å². The lowest BCUT2D eigenvalue weighted by atomic mass is 9.97. The second kappa shape index (κ2) is 8.30. The van der Waals surface area contributed by atoms with Gasteiger partial charge >= 0.3 is 0 Å². The van der Waals surface area contributed by atoms with Gasteiger partial charge in [-0.05, 0) is 50.3 Å². The molecule has 1 aliphatic rings. The van der Waals surface area contributed by atoms with Crippen LogP contribution in [0.4, 0.5) is 5.69 Å². The maximum atomic E-state index is 11.8. The van der Waals surface area contributed by atoms with E-state index in [0.29, 0.717) is 16.6 Å². The van der Waals surface area contributed by atoms with E-state index in [-0.39, 0.29) is 12.5 Å². The van der Waals surface area contributed by atoms with E-state index >= 15 is 0 Å². The summed E-state index contributed by atoms with van der Waals surface area (Å²) in [7, 11) is 0. The molecule has 0 spiro atoms. The Balaban J connectivity index is 1.67. The predicted octanol–water partition coefficient (Wildman–Crippen LogP) is 4.41. The van der Waals surface area contributed by atoms with Crippen LogP contribution in [0.1, 0.15) is 32.1 Å². The van der Waals surface area contributed by atoms with E-state index < -0.39 is 0 Å². The number of carbonyl (C=O) groups excluding carboxylic acids is 1. The van der Waals surface area contributed by atoms with Crippen LogP contribution in [0.15, 0.2) is 29.8 Å². The number of allylic oxidation sites excluding steroid dienone is 1. The van der Waals surface area contributed by atoms with Crippen LogP contribution in [-0.4, -0.2) is 19.0 Å². The predicted molar refractivity (Wildman–Crippen MR) is 89.1 cm³/mol. The fourth-order valence-corrected chi connectivity index (χ4v) is 2.64. The Labute approximate surface area is 135 Å². The highest BCUT2D eigenvalue weighted by atomic mass is 35.5. The van der Waals surface area contributed by atoms with Crippen molar-refractivity contribution in [1.29, 1.82) is 0 Å². The Morgan fingerprint density at radius 1 is 1.19 bits per heavy atom. The summed E-state index contributed by atoms with van der Waals surface area (Å²) in [5.41, 5.74) is 2.26. The maximum absolute atomic E-state index is 11.8. The Hall–Kier alpha value is -1.19. The Kier molecular flexibility index (Phi) is 6.40. The summed E-state index contributed by atoms with van der Waals surface area (Å²) < 4.78 is 0. The van der Waals surface area contributed by atoms with E-state index in [1.54, 1.807) is 18.2 Å². The largest absolute Gasteiger partial charge is 0.376 e. The second-order valence-electron chi connectivity index (χ2n) is 5.19. The van der Waals surface area contributed by atoms with Crippen molar-refractivity contribution in [3.63, 3.8) is 0 Å². The number of halogens is 2. The Bertz CT molecular complexity index is 529. The van der Waals surface area contributed by atoms with Gasteiger partial charge in [0.15, 0.2) is 0 Å². The van der Waals surface area contributed by atoms with Crippen molar-refractivity contribution in [3.8, 4) is 0 Å². The molecule has 3 nitrogen and oxygen atoms in total. The number of nitrogens with one attached hydrogen (secondary N) is 2. The zero-order valence-electron chi connectivity index (χ0n) is 11.9. The molecule has 1 amide bonds. The third-order valence-electron chi connectivity index (χ3n) is 3.53. The summed E-state index contributed by atoms with van der Waals surface area (Å²) in [4.78, 5) is 11.8. The van der Waals surface area contributed by atoms with E-state index in [4.69, 9.17) is 23.2 Å². The van der Waals surface area contributed by atoms with E-state index in [9.17, 15) is 4.79 Å². The van der Waals surface area contributed by atoms with Gasteiger partial charge in [0.05, 0.1) is 16.6 Å². The third-order valence-corrected chi connectivity index (χ3v) is 4.27. The number of rotatable bonds is 6. The van der Waals surface area contributed by atoms with Crippen molar-refractivity contribution >= 4 is 34.8 Å². The van der Waals surface area contributed by atoms with Gasteiger partial charge in [-0.2, -0.15) is 0 Å². The molecular weight excluding hydrogens is 307 g/mol. The van der Waals surface area contributed by atoms with Gasteiger partial charge in [-0.25, -0.2) is 0 Å². The zero-order chi connectivity index (χ0) is 15.1. The first kappa shape index (κ1) is 16.2. The summed E-state index contributed by atoms with van der Waals surface area (Å²) >= 11 is 11.8. The maximum Gasteiger partial charge on any atom is 0.239 e. The number of amides is 1. The lowest BCUT2D eigenvalue weighted by molar-refractivity contribution is -0.119. The molecule has 0 heterocycles. The number of hydrogen-bond acceptors (Lipinski definition) is 2. The molecule has 0 unspecified atom stereocenters. The van der Waals surface area contributed by atoms with E-state index in [0.717, 1.165) is 12.1 Å². The van der Waals surface area contributed by atoms with Crippen LogP contribution in [0.2, 0.25) is 10.0 Å². The molecule has 0 atom stereocenters. The first-order valence-corrected chi connectivity index (χ1v) is 8.04. The van der Waals surface area contributed by atoms with Crippen molar-refractivity contribution in [2.24, 2.45) is 0 Å². The highest BCUT2D eigenvalue weighted by molar-refractivity contribution is 6.42. The van der Waals surface area contributed by atoms with Gasteiger partial charge in [0.1, 0.15) is 0 Å². The summed E-state index contributed by atoms with van der Waals surface area (Å²) in [6.07, 6.45) is 8.20. The van der Waals surface area contributed by atoms with Crippen LogP contribution in [-0.2, 0) is 4.79 Å². The normalized spacial score (nSPS) is 14.5. The molecule has 0 saturated carbocycles. The van der Waals surface area contributed by atoms with E-state index in [1.165, 1.54) is 31.3 Å². The lowest BCUT2D eigenvalue weighted by Crippen LogP contribution is -2.30. The fraction of sp³-hybridized carbons (Fsp3) is 0.438. The molecule has 0 saturated heterocycles. The van der Waals surface area contributed by atoms with Crippen LogP contribution in [0, 0.1) is 0 Å². The Morgan fingerprint density at radius 3 is 2.76 bits per heavy atom. The molecule has 0 aliphatic heterocycles. The highest BCUT2D eigenvalue weighted by Crippen LogP contribution is 2.24. The first-order valence-electron chi connectivity index (χ1n) is 7.28. The topological polar surface area (TPSA) is 41.1 Å². The zero-order valence-corrected chi connectivity index (χ0v) is 13.4. The Morgan fingerprint density at radius 2 is 2.05 bits per heavy atom. The van der Waals surface area contributed by atoms with E-state index in [2.05, 4.69) is 16.7 Å². The molecule has 114 valence electrons. The van der Waals surface area contributed by atoms with Gasteiger partial charge in [-0.1, -0.05) is 34.9 Å². The summed E-state index contributed by atoms with van der Waals surface area (Å²) in [6.45, 7) is 0.935. The van der Waals surface area contributed by atoms with Crippen molar-refractivity contribution in [1.82, 2.24) is 5.32 Å². The number of anilines is 1. The number of carbonyl (C=O) groups is 1. The molecule has 0 bridgehead atoms. The molecule has 2 N–H and O–H groups in total. The van der Waals surface area contributed by atoms with Gasteiger partial charge in [0, 0.05) is 12.2 Å². The summed E-state index contributed by atoms with van der Waals surface area (Å²) in [6, 6.07) is 5.22. The molecule has 0 aromatic heterocycles. The molecule has 0 radical (unpaired) electrons. The minimum atomic E-state index is -0.0162. The molecular formula is C16H20Cl2N2O. The van der Waals surface area contributed by atoms with Crippen LogP contribution < -0.4 is 10.6 Å². The second-order valence-corrected chi connectivity index (χ2v) is 6.00. The lowest BCUT2D eigenvalue weighted by Gasteiger charge is -2.13. The van der Waals surface area contributed by atoms with Crippen LogP contribution in [0.5, 0.6) is 0 Å². The minimum absolute atomic E-state index is 0.0162. The standard InChI is InChI=1S/C16H20Cl2N2O/c17-14-7-6-13(10-15(14)18)20-11-16(21)19-9-8-12-4-2-1-3-5-12/h4,6-7,10,20H,1-3,5,8-9,11H2,(H,19,21). The molecule has 21 heavy (non-hydrogen) atoms. The number of benzene rings is 1. The van der Waals surface area contributed by atoms with Gasteiger partial charge in [0.25, 0.3) is 0 Å². The molecule has 0 fully saturated rings. The van der Waals surface area contributed by atoms with Gasteiger partial charge in [-0.15, -0.1) is 0 Å². The molecule has 1 aromatic carbocycles. The average Bonchev–Trinajstić information content (AvgIpc) is 2.49. The van der Waals surface area contributed by atoms with Crippen molar-refractivity contribution in [2.75, 3.05) is 18.4 Å². The fourth-order valence-electron chi connectivity index (χ4n) is 2.35. The SMILES string of the molecule is O=C(CNc1ccc(Cl)c(Cl)c1)NCCC1=CCCCC1. The third kappa shape index (κ3) is 5.60. The van der Waals surface area contributed by atoms with Crippen LogP contribution in [0.3, 0.4) is 0 Å². The monoisotopic (exact) mass is 326 g/mol. The van der Waals surface area contributed by atoms with Gasteiger partial charge in [0.2, 0.25) is 5.91 Å².